The number of hydrogen-bond donors (Lipinski definition) is 1. The number of rotatable bonds is 3. The molecule has 2 aromatic carbocycles. The van der Waals surface area contributed by atoms with Gasteiger partial charge in [-0.25, -0.2) is 0 Å². The number of thioether (sulfide) groups is 1. The van der Waals surface area contributed by atoms with Gasteiger partial charge in [0.2, 0.25) is 0 Å². The van der Waals surface area contributed by atoms with E-state index in [2.05, 4.69) is 24.3 Å². The van der Waals surface area contributed by atoms with E-state index in [0.717, 1.165) is 21.4 Å². The van der Waals surface area contributed by atoms with Crippen molar-refractivity contribution in [3.05, 3.63) is 58.6 Å². The fraction of sp³-hybridized carbons (Fsp3) is 0.294. The van der Waals surface area contributed by atoms with Gasteiger partial charge >= 0.3 is 0 Å². The summed E-state index contributed by atoms with van der Waals surface area (Å²) < 4.78 is 0. The van der Waals surface area contributed by atoms with Crippen LogP contribution in [0, 0.1) is 0 Å². The lowest BCUT2D eigenvalue weighted by Gasteiger charge is -2.25. The molecule has 0 radical (unpaired) electrons. The summed E-state index contributed by atoms with van der Waals surface area (Å²) in [6, 6.07) is 14.6. The van der Waals surface area contributed by atoms with Gasteiger partial charge < -0.3 is 5.73 Å². The molecule has 2 aromatic rings. The SMILES string of the molecule is Nc1ccc(SCC2CCCc3ccccc32)c(Cl)c1. The third kappa shape index (κ3) is 2.97. The summed E-state index contributed by atoms with van der Waals surface area (Å²) in [5, 5.41) is 0.763. The molecule has 0 aliphatic heterocycles. The van der Waals surface area contributed by atoms with Crippen LogP contribution < -0.4 is 5.73 Å². The van der Waals surface area contributed by atoms with E-state index < -0.39 is 0 Å². The molecule has 1 aliphatic carbocycles. The van der Waals surface area contributed by atoms with Gasteiger partial charge in [0.15, 0.2) is 0 Å². The van der Waals surface area contributed by atoms with Gasteiger partial charge in [-0.3, -0.25) is 0 Å². The molecular weight excluding hydrogens is 286 g/mol. The van der Waals surface area contributed by atoms with Crippen molar-refractivity contribution in [1.29, 1.82) is 0 Å². The van der Waals surface area contributed by atoms with Crippen LogP contribution in [0.3, 0.4) is 0 Å². The Balaban J connectivity index is 1.73. The fourth-order valence-corrected chi connectivity index (χ4v) is 4.29. The number of nitrogen functional groups attached to an aromatic ring is 1. The fourth-order valence-electron chi connectivity index (χ4n) is 2.85. The largest absolute Gasteiger partial charge is 0.399 e. The highest BCUT2D eigenvalue weighted by molar-refractivity contribution is 7.99. The van der Waals surface area contributed by atoms with Crippen LogP contribution in [0.2, 0.25) is 5.02 Å². The second kappa shape index (κ2) is 6.11. The van der Waals surface area contributed by atoms with Crippen LogP contribution >= 0.6 is 23.4 Å². The molecule has 3 heteroatoms. The predicted octanol–water partition coefficient (Wildman–Crippen LogP) is 5.13. The predicted molar refractivity (Wildman–Crippen MR) is 88.7 cm³/mol. The molecule has 1 aliphatic rings. The Labute approximate surface area is 129 Å². The molecule has 0 aromatic heterocycles. The minimum Gasteiger partial charge on any atom is -0.399 e. The highest BCUT2D eigenvalue weighted by Crippen LogP contribution is 2.37. The van der Waals surface area contributed by atoms with Crippen molar-refractivity contribution in [2.45, 2.75) is 30.1 Å². The average Bonchev–Trinajstić information content (AvgIpc) is 2.46. The lowest BCUT2D eigenvalue weighted by Crippen LogP contribution is -2.11. The number of hydrogen-bond acceptors (Lipinski definition) is 2. The van der Waals surface area contributed by atoms with Crippen molar-refractivity contribution in [2.75, 3.05) is 11.5 Å². The number of nitrogens with two attached hydrogens (primary N) is 1. The van der Waals surface area contributed by atoms with Gasteiger partial charge in [0.05, 0.1) is 5.02 Å². The molecular formula is C17H18ClNS. The van der Waals surface area contributed by atoms with Gasteiger partial charge in [-0.1, -0.05) is 35.9 Å². The standard InChI is InChI=1S/C17H18ClNS/c18-16-10-14(19)8-9-17(16)20-11-13-6-3-5-12-4-1-2-7-15(12)13/h1-2,4,7-10,13H,3,5-6,11,19H2. The minimum atomic E-state index is 0.638. The molecule has 1 atom stereocenters. The number of aryl methyl sites for hydroxylation is 1. The summed E-state index contributed by atoms with van der Waals surface area (Å²) in [5.74, 6) is 1.72. The molecule has 1 nitrogen and oxygen atoms in total. The molecule has 3 rings (SSSR count). The molecule has 0 saturated heterocycles. The molecule has 0 heterocycles. The summed E-state index contributed by atoms with van der Waals surface area (Å²) in [4.78, 5) is 1.13. The Kier molecular flexibility index (Phi) is 4.23. The van der Waals surface area contributed by atoms with E-state index in [0.29, 0.717) is 5.92 Å². The van der Waals surface area contributed by atoms with Crippen LogP contribution in [0.15, 0.2) is 47.4 Å². The zero-order valence-electron chi connectivity index (χ0n) is 11.3. The van der Waals surface area contributed by atoms with Crippen LogP contribution in [0.4, 0.5) is 5.69 Å². The topological polar surface area (TPSA) is 26.0 Å². The highest BCUT2D eigenvalue weighted by atomic mass is 35.5. The lowest BCUT2D eigenvalue weighted by atomic mass is 9.84. The van der Waals surface area contributed by atoms with Gasteiger partial charge in [-0.05, 0) is 54.5 Å². The van der Waals surface area contributed by atoms with Crippen molar-refractivity contribution in [2.24, 2.45) is 0 Å². The Morgan fingerprint density at radius 1 is 1.20 bits per heavy atom. The van der Waals surface area contributed by atoms with E-state index >= 15 is 0 Å². The second-order valence-electron chi connectivity index (χ2n) is 5.29. The molecule has 20 heavy (non-hydrogen) atoms. The van der Waals surface area contributed by atoms with Gasteiger partial charge in [0, 0.05) is 16.3 Å². The van der Waals surface area contributed by atoms with E-state index in [-0.39, 0.29) is 0 Å². The van der Waals surface area contributed by atoms with Gasteiger partial charge in [0.1, 0.15) is 0 Å². The normalized spacial score (nSPS) is 17.8. The minimum absolute atomic E-state index is 0.638. The van der Waals surface area contributed by atoms with Crippen molar-refractivity contribution >= 4 is 29.1 Å². The Morgan fingerprint density at radius 2 is 2.05 bits per heavy atom. The molecule has 104 valence electrons. The molecule has 1 unspecified atom stereocenters. The van der Waals surface area contributed by atoms with E-state index in [1.165, 1.54) is 30.4 Å². The van der Waals surface area contributed by atoms with Crippen LogP contribution in [-0.2, 0) is 6.42 Å². The first-order chi connectivity index (χ1) is 9.74. The van der Waals surface area contributed by atoms with Crippen molar-refractivity contribution in [3.8, 4) is 0 Å². The first-order valence-electron chi connectivity index (χ1n) is 6.99. The van der Waals surface area contributed by atoms with Crippen molar-refractivity contribution in [3.63, 3.8) is 0 Å². The van der Waals surface area contributed by atoms with Crippen molar-refractivity contribution in [1.82, 2.24) is 0 Å². The van der Waals surface area contributed by atoms with Crippen LogP contribution in [-0.4, -0.2) is 5.75 Å². The van der Waals surface area contributed by atoms with E-state index in [4.69, 9.17) is 17.3 Å². The maximum atomic E-state index is 6.25. The summed E-state index contributed by atoms with van der Waals surface area (Å²) in [7, 11) is 0. The Hall–Kier alpha value is -1.12. The number of halogens is 1. The van der Waals surface area contributed by atoms with E-state index in [1.807, 2.05) is 30.0 Å². The van der Waals surface area contributed by atoms with Crippen LogP contribution in [0.25, 0.3) is 0 Å². The maximum Gasteiger partial charge on any atom is 0.0562 e. The molecule has 0 amide bonds. The molecule has 0 bridgehead atoms. The number of anilines is 1. The quantitative estimate of drug-likeness (QED) is 0.628. The maximum absolute atomic E-state index is 6.25. The second-order valence-corrected chi connectivity index (χ2v) is 6.76. The van der Waals surface area contributed by atoms with Gasteiger partial charge in [0.25, 0.3) is 0 Å². The van der Waals surface area contributed by atoms with E-state index in [1.54, 1.807) is 0 Å². The third-order valence-corrected chi connectivity index (χ3v) is 5.55. The highest BCUT2D eigenvalue weighted by Gasteiger charge is 2.20. The monoisotopic (exact) mass is 303 g/mol. The summed E-state index contributed by atoms with van der Waals surface area (Å²) in [6.45, 7) is 0. The lowest BCUT2D eigenvalue weighted by molar-refractivity contribution is 0.596. The third-order valence-electron chi connectivity index (χ3n) is 3.89. The first kappa shape index (κ1) is 13.8. The van der Waals surface area contributed by atoms with Gasteiger partial charge in [-0.15, -0.1) is 11.8 Å². The van der Waals surface area contributed by atoms with E-state index in [9.17, 15) is 0 Å². The van der Waals surface area contributed by atoms with Crippen molar-refractivity contribution < 1.29 is 0 Å². The molecule has 0 saturated carbocycles. The molecule has 2 N–H and O–H groups in total. The van der Waals surface area contributed by atoms with Crippen LogP contribution in [0.5, 0.6) is 0 Å². The zero-order chi connectivity index (χ0) is 13.9. The zero-order valence-corrected chi connectivity index (χ0v) is 12.9. The smallest absolute Gasteiger partial charge is 0.0562 e. The number of benzene rings is 2. The summed E-state index contributed by atoms with van der Waals surface area (Å²) >= 11 is 8.08. The first-order valence-corrected chi connectivity index (χ1v) is 8.36. The Morgan fingerprint density at radius 3 is 2.90 bits per heavy atom. The van der Waals surface area contributed by atoms with Gasteiger partial charge in [-0.2, -0.15) is 0 Å². The van der Waals surface area contributed by atoms with Crippen LogP contribution in [0.1, 0.15) is 29.9 Å². The summed E-state index contributed by atoms with van der Waals surface area (Å²) in [6.07, 6.45) is 3.79. The molecule has 0 fully saturated rings. The number of fused-ring (bicyclic) bond motifs is 1. The molecule has 0 spiro atoms. The average molecular weight is 304 g/mol. The summed E-state index contributed by atoms with van der Waals surface area (Å²) in [5.41, 5.74) is 9.51. The Bertz CT molecular complexity index is 612.